The van der Waals surface area contributed by atoms with Crippen molar-refractivity contribution < 1.29 is 0 Å². The van der Waals surface area contributed by atoms with E-state index in [0.717, 1.165) is 12.3 Å². The largest absolute Gasteiger partial charge is 0.0683 e. The molecule has 0 saturated heterocycles. The van der Waals surface area contributed by atoms with Crippen LogP contribution in [0, 0.1) is 12.8 Å². The molecule has 0 unspecified atom stereocenters. The van der Waals surface area contributed by atoms with Crippen LogP contribution in [0.25, 0.3) is 0 Å². The predicted octanol–water partition coefficient (Wildman–Crippen LogP) is 4.78. The highest BCUT2D eigenvalue weighted by Gasteiger charge is 2.01. The maximum Gasteiger partial charge on any atom is -0.0253 e. The third-order valence-corrected chi connectivity index (χ3v) is 2.44. The highest BCUT2D eigenvalue weighted by molar-refractivity contribution is 5.31. The van der Waals surface area contributed by atoms with Crippen molar-refractivity contribution in [2.75, 3.05) is 0 Å². The fourth-order valence-electron chi connectivity index (χ4n) is 1.65. The first-order chi connectivity index (χ1) is 7.13. The van der Waals surface area contributed by atoms with Crippen molar-refractivity contribution in [1.82, 2.24) is 0 Å². The van der Waals surface area contributed by atoms with Crippen LogP contribution in [0.2, 0.25) is 0 Å². The van der Waals surface area contributed by atoms with Gasteiger partial charge in [0.05, 0.1) is 0 Å². The average molecular weight is 206 g/mol. The molecule has 0 heteroatoms. The van der Waals surface area contributed by atoms with Crippen LogP contribution in [0.15, 0.2) is 18.2 Å². The Morgan fingerprint density at radius 2 is 1.73 bits per heavy atom. The van der Waals surface area contributed by atoms with Crippen molar-refractivity contribution in [1.29, 1.82) is 0 Å². The summed E-state index contributed by atoms with van der Waals surface area (Å²) in [6.45, 7) is 13.0. The zero-order valence-corrected chi connectivity index (χ0v) is 11.2. The molecule has 0 atom stereocenters. The number of rotatable bonds is 3. The molecule has 0 N–H and O–H groups in total. The normalized spacial score (nSPS) is 9.80. The van der Waals surface area contributed by atoms with E-state index in [2.05, 4.69) is 45.9 Å². The lowest BCUT2D eigenvalue weighted by Crippen LogP contribution is -1.97. The number of aryl methyl sites for hydroxylation is 2. The summed E-state index contributed by atoms with van der Waals surface area (Å²) in [5, 5.41) is 0. The van der Waals surface area contributed by atoms with E-state index in [-0.39, 0.29) is 0 Å². The minimum atomic E-state index is 0.756. The monoisotopic (exact) mass is 206 g/mol. The molecule has 0 aromatic heterocycles. The lowest BCUT2D eigenvalue weighted by molar-refractivity contribution is 0.644. The van der Waals surface area contributed by atoms with Crippen LogP contribution in [0.1, 0.15) is 51.3 Å². The second-order valence-electron chi connectivity index (χ2n) is 4.21. The summed E-state index contributed by atoms with van der Waals surface area (Å²) < 4.78 is 0. The molecule has 1 aromatic rings. The summed E-state index contributed by atoms with van der Waals surface area (Å²) in [6.07, 6.45) is 2.35. The number of hydrogen-bond donors (Lipinski definition) is 0. The molecule has 0 aliphatic heterocycles. The van der Waals surface area contributed by atoms with Gasteiger partial charge in [-0.1, -0.05) is 52.8 Å². The summed E-state index contributed by atoms with van der Waals surface area (Å²) in [6, 6.07) is 6.86. The van der Waals surface area contributed by atoms with Crippen LogP contribution in [0.4, 0.5) is 0 Å². The molecule has 1 aromatic carbocycles. The van der Waals surface area contributed by atoms with Crippen molar-refractivity contribution >= 4 is 0 Å². The Hall–Kier alpha value is -0.780. The van der Waals surface area contributed by atoms with Gasteiger partial charge in [0.1, 0.15) is 0 Å². The molecule has 0 bridgehead atoms. The van der Waals surface area contributed by atoms with E-state index < -0.39 is 0 Å². The quantitative estimate of drug-likeness (QED) is 0.667. The molecule has 0 nitrogen and oxygen atoms in total. The molecule has 0 aliphatic rings. The lowest BCUT2D eigenvalue weighted by Gasteiger charge is -2.09. The maximum absolute atomic E-state index is 2.32. The summed E-state index contributed by atoms with van der Waals surface area (Å²) >= 11 is 0. The molecule has 15 heavy (non-hydrogen) atoms. The van der Waals surface area contributed by atoms with Crippen molar-refractivity contribution in [2.24, 2.45) is 5.92 Å². The van der Waals surface area contributed by atoms with Gasteiger partial charge in [-0.3, -0.25) is 0 Å². The fraction of sp³-hybridized carbons (Fsp3) is 0.600. The molecule has 0 aliphatic carbocycles. The van der Waals surface area contributed by atoms with Crippen molar-refractivity contribution in [2.45, 2.75) is 54.4 Å². The van der Waals surface area contributed by atoms with E-state index >= 15 is 0 Å². The van der Waals surface area contributed by atoms with Gasteiger partial charge < -0.3 is 0 Å². The number of hydrogen-bond acceptors (Lipinski definition) is 0. The Balaban J connectivity index is 0.000000921. The van der Waals surface area contributed by atoms with Gasteiger partial charge in [-0.05, 0) is 42.4 Å². The number of benzene rings is 1. The Morgan fingerprint density at radius 3 is 2.13 bits per heavy atom. The van der Waals surface area contributed by atoms with Gasteiger partial charge in [0.2, 0.25) is 0 Å². The molecule has 0 amide bonds. The second-order valence-corrected chi connectivity index (χ2v) is 4.21. The van der Waals surface area contributed by atoms with Gasteiger partial charge in [-0.15, -0.1) is 0 Å². The third-order valence-electron chi connectivity index (χ3n) is 2.44. The fourth-order valence-corrected chi connectivity index (χ4v) is 1.65. The predicted molar refractivity (Wildman–Crippen MR) is 70.4 cm³/mol. The summed E-state index contributed by atoms with van der Waals surface area (Å²) in [5.74, 6) is 0.756. The minimum Gasteiger partial charge on any atom is -0.0683 e. The van der Waals surface area contributed by atoms with Crippen molar-refractivity contribution in [3.63, 3.8) is 0 Å². The van der Waals surface area contributed by atoms with Crippen LogP contribution >= 0.6 is 0 Å². The van der Waals surface area contributed by atoms with E-state index in [1.54, 1.807) is 0 Å². The van der Waals surface area contributed by atoms with Gasteiger partial charge in [0.25, 0.3) is 0 Å². The Morgan fingerprint density at radius 1 is 1.13 bits per heavy atom. The molecular weight excluding hydrogens is 180 g/mol. The van der Waals surface area contributed by atoms with Gasteiger partial charge in [0, 0.05) is 0 Å². The van der Waals surface area contributed by atoms with E-state index in [1.807, 2.05) is 13.8 Å². The average Bonchev–Trinajstić information content (AvgIpc) is 2.23. The van der Waals surface area contributed by atoms with Gasteiger partial charge >= 0.3 is 0 Å². The molecule has 0 spiro atoms. The van der Waals surface area contributed by atoms with Crippen molar-refractivity contribution in [3.8, 4) is 0 Å². The third kappa shape index (κ3) is 5.01. The molecular formula is C15H26. The standard InChI is InChI=1S/C13H20.C2H6/c1-5-12-6-7-13(8-10(2)3)11(4)9-12;1-2/h6-7,9-10H,5,8H2,1-4H3;1-2H3. The first-order valence-corrected chi connectivity index (χ1v) is 6.22. The van der Waals surface area contributed by atoms with Crippen molar-refractivity contribution in [3.05, 3.63) is 34.9 Å². The van der Waals surface area contributed by atoms with Crippen LogP contribution in [0.3, 0.4) is 0 Å². The van der Waals surface area contributed by atoms with Crippen LogP contribution in [0.5, 0.6) is 0 Å². The minimum absolute atomic E-state index is 0.756. The lowest BCUT2D eigenvalue weighted by atomic mass is 9.96. The zero-order valence-electron chi connectivity index (χ0n) is 11.2. The summed E-state index contributed by atoms with van der Waals surface area (Å²) in [4.78, 5) is 0. The first kappa shape index (κ1) is 14.2. The molecule has 0 radical (unpaired) electrons. The zero-order chi connectivity index (χ0) is 11.8. The molecule has 1 rings (SSSR count). The molecule has 0 fully saturated rings. The Labute approximate surface area is 95.7 Å². The SMILES string of the molecule is CC.CCc1ccc(CC(C)C)c(C)c1. The van der Waals surface area contributed by atoms with Gasteiger partial charge in [-0.2, -0.15) is 0 Å². The summed E-state index contributed by atoms with van der Waals surface area (Å²) in [5.41, 5.74) is 4.41. The second kappa shape index (κ2) is 7.50. The van der Waals surface area contributed by atoms with Crippen LogP contribution < -0.4 is 0 Å². The van der Waals surface area contributed by atoms with Gasteiger partial charge in [-0.25, -0.2) is 0 Å². The molecule has 86 valence electrons. The first-order valence-electron chi connectivity index (χ1n) is 6.22. The topological polar surface area (TPSA) is 0 Å². The van der Waals surface area contributed by atoms with E-state index in [1.165, 1.54) is 23.1 Å². The van der Waals surface area contributed by atoms with E-state index in [4.69, 9.17) is 0 Å². The summed E-state index contributed by atoms with van der Waals surface area (Å²) in [7, 11) is 0. The highest BCUT2D eigenvalue weighted by Crippen LogP contribution is 2.15. The molecule has 0 heterocycles. The Kier molecular flexibility index (Phi) is 7.11. The highest BCUT2D eigenvalue weighted by atomic mass is 14.1. The van der Waals surface area contributed by atoms with Gasteiger partial charge in [0.15, 0.2) is 0 Å². The molecule has 0 saturated carbocycles. The van der Waals surface area contributed by atoms with E-state index in [0.29, 0.717) is 0 Å². The Bertz CT molecular complexity index is 271. The smallest absolute Gasteiger partial charge is 0.0253 e. The maximum atomic E-state index is 2.32. The van der Waals surface area contributed by atoms with Crippen LogP contribution in [-0.2, 0) is 12.8 Å². The van der Waals surface area contributed by atoms with E-state index in [9.17, 15) is 0 Å². The van der Waals surface area contributed by atoms with Crippen LogP contribution in [-0.4, -0.2) is 0 Å².